The molecule has 3 nitrogen and oxygen atoms in total. The summed E-state index contributed by atoms with van der Waals surface area (Å²) in [7, 11) is 0. The van der Waals surface area contributed by atoms with Crippen LogP contribution in [0.15, 0.2) is 12.1 Å². The van der Waals surface area contributed by atoms with E-state index in [-0.39, 0.29) is 17.6 Å². The van der Waals surface area contributed by atoms with Crippen LogP contribution in [0, 0.1) is 0 Å². The number of benzene rings is 1. The van der Waals surface area contributed by atoms with Crippen molar-refractivity contribution in [1.82, 2.24) is 0 Å². The fraction of sp³-hybridized carbons (Fsp3) is 0.500. The molecule has 1 heterocycles. The molecule has 0 aromatic heterocycles. The van der Waals surface area contributed by atoms with E-state index >= 15 is 0 Å². The molecule has 80 valence electrons. The second-order valence-electron chi connectivity index (χ2n) is 4.43. The van der Waals surface area contributed by atoms with Crippen molar-refractivity contribution >= 4 is 0 Å². The molecule has 2 aliphatic rings. The van der Waals surface area contributed by atoms with Gasteiger partial charge in [0.1, 0.15) is 11.9 Å². The van der Waals surface area contributed by atoms with Crippen LogP contribution >= 0.6 is 0 Å². The van der Waals surface area contributed by atoms with E-state index in [1.54, 1.807) is 6.07 Å². The Bertz CT molecular complexity index is 400. The zero-order valence-electron chi connectivity index (χ0n) is 8.44. The second-order valence-corrected chi connectivity index (χ2v) is 4.43. The van der Waals surface area contributed by atoms with E-state index < -0.39 is 0 Å². The molecule has 2 atom stereocenters. The second kappa shape index (κ2) is 3.05. The molecule has 1 saturated carbocycles. The summed E-state index contributed by atoms with van der Waals surface area (Å²) in [5, 5.41) is 18.9. The van der Waals surface area contributed by atoms with Gasteiger partial charge in [0, 0.05) is 17.5 Å². The normalized spacial score (nSPS) is 28.0. The van der Waals surface area contributed by atoms with Gasteiger partial charge in [-0.1, -0.05) is 6.42 Å². The third kappa shape index (κ3) is 1.26. The Morgan fingerprint density at radius 3 is 2.67 bits per heavy atom. The van der Waals surface area contributed by atoms with Crippen molar-refractivity contribution in [2.75, 3.05) is 0 Å². The van der Waals surface area contributed by atoms with Crippen LogP contribution in [0.2, 0.25) is 0 Å². The molecule has 15 heavy (non-hydrogen) atoms. The quantitative estimate of drug-likeness (QED) is 0.641. The van der Waals surface area contributed by atoms with Crippen LogP contribution in [0.3, 0.4) is 0 Å². The third-order valence-corrected chi connectivity index (χ3v) is 3.49. The van der Waals surface area contributed by atoms with Gasteiger partial charge in [-0.3, -0.25) is 0 Å². The van der Waals surface area contributed by atoms with Crippen molar-refractivity contribution in [1.29, 1.82) is 0 Å². The van der Waals surface area contributed by atoms with Gasteiger partial charge in [0.05, 0.1) is 0 Å². The molecule has 1 fully saturated rings. The van der Waals surface area contributed by atoms with Crippen LogP contribution in [0.1, 0.15) is 37.2 Å². The molecule has 0 radical (unpaired) electrons. The molecular weight excluding hydrogens is 192 g/mol. The molecule has 1 aromatic rings. The summed E-state index contributed by atoms with van der Waals surface area (Å²) in [5.41, 5.74) is 1.06. The van der Waals surface area contributed by atoms with Crippen molar-refractivity contribution in [2.24, 2.45) is 0 Å². The number of aromatic hydroxyl groups is 2. The number of fused-ring (bicyclic) bond motifs is 3. The van der Waals surface area contributed by atoms with Crippen LogP contribution in [0.5, 0.6) is 17.2 Å². The van der Waals surface area contributed by atoms with Crippen LogP contribution in [0.4, 0.5) is 0 Å². The highest BCUT2D eigenvalue weighted by Gasteiger charge is 2.36. The van der Waals surface area contributed by atoms with E-state index in [1.807, 2.05) is 0 Å². The molecule has 0 saturated heterocycles. The summed E-state index contributed by atoms with van der Waals surface area (Å²) < 4.78 is 5.78. The minimum Gasteiger partial charge on any atom is -0.504 e. The predicted molar refractivity (Wildman–Crippen MR) is 55.4 cm³/mol. The van der Waals surface area contributed by atoms with Gasteiger partial charge in [-0.05, 0) is 25.3 Å². The summed E-state index contributed by atoms with van der Waals surface area (Å²) in [6.07, 6.45) is 4.91. The number of rotatable bonds is 0. The maximum Gasteiger partial charge on any atom is 0.161 e. The van der Waals surface area contributed by atoms with Crippen LogP contribution in [0.25, 0.3) is 0 Å². The Balaban J connectivity index is 2.04. The van der Waals surface area contributed by atoms with Gasteiger partial charge in [0.2, 0.25) is 0 Å². The number of ether oxygens (including phenoxy) is 1. The summed E-state index contributed by atoms with van der Waals surface area (Å²) in [6, 6.07) is 3.18. The van der Waals surface area contributed by atoms with Crippen LogP contribution < -0.4 is 4.74 Å². The lowest BCUT2D eigenvalue weighted by atomic mass is 9.83. The van der Waals surface area contributed by atoms with Gasteiger partial charge < -0.3 is 14.9 Å². The Labute approximate surface area is 88.3 Å². The standard InChI is InChI=1S/C12H14O3/c13-9-5-8-7-3-1-2-4-11(7)15-12(8)6-10(9)14/h5-7,11,13-14H,1-4H2/t7-,11+/m0/s1. The summed E-state index contributed by atoms with van der Waals surface area (Å²) in [5.74, 6) is 1.04. The third-order valence-electron chi connectivity index (χ3n) is 3.49. The van der Waals surface area contributed by atoms with Crippen LogP contribution in [-0.2, 0) is 0 Å². The molecule has 1 aromatic carbocycles. The van der Waals surface area contributed by atoms with Crippen molar-refractivity contribution < 1.29 is 14.9 Å². The van der Waals surface area contributed by atoms with Gasteiger partial charge in [0.15, 0.2) is 11.5 Å². The van der Waals surface area contributed by atoms with E-state index in [1.165, 1.54) is 18.9 Å². The lowest BCUT2D eigenvalue weighted by Gasteiger charge is -2.23. The van der Waals surface area contributed by atoms with Crippen molar-refractivity contribution in [3.63, 3.8) is 0 Å². The first kappa shape index (κ1) is 8.89. The smallest absolute Gasteiger partial charge is 0.161 e. The number of hydrogen-bond donors (Lipinski definition) is 2. The predicted octanol–water partition coefficient (Wildman–Crippen LogP) is 2.52. The number of hydrogen-bond acceptors (Lipinski definition) is 3. The monoisotopic (exact) mass is 206 g/mol. The highest BCUT2D eigenvalue weighted by Crippen LogP contribution is 2.48. The Morgan fingerprint density at radius 1 is 1.07 bits per heavy atom. The average Bonchev–Trinajstić information content (AvgIpc) is 2.57. The highest BCUT2D eigenvalue weighted by atomic mass is 16.5. The van der Waals surface area contributed by atoms with Gasteiger partial charge in [-0.15, -0.1) is 0 Å². The van der Waals surface area contributed by atoms with E-state index in [2.05, 4.69) is 0 Å². The molecule has 3 heteroatoms. The van der Waals surface area contributed by atoms with E-state index in [0.717, 1.165) is 24.2 Å². The van der Waals surface area contributed by atoms with E-state index in [9.17, 15) is 10.2 Å². The Hall–Kier alpha value is -1.38. The first-order chi connectivity index (χ1) is 7.25. The fourth-order valence-electron chi connectivity index (χ4n) is 2.72. The van der Waals surface area contributed by atoms with Gasteiger partial charge in [-0.25, -0.2) is 0 Å². The fourth-order valence-corrected chi connectivity index (χ4v) is 2.72. The summed E-state index contributed by atoms with van der Waals surface area (Å²) in [6.45, 7) is 0. The van der Waals surface area contributed by atoms with Crippen molar-refractivity contribution in [2.45, 2.75) is 37.7 Å². The molecule has 2 N–H and O–H groups in total. The summed E-state index contributed by atoms with van der Waals surface area (Å²) >= 11 is 0. The minimum absolute atomic E-state index is 0.0384. The maximum atomic E-state index is 9.47. The number of phenols is 2. The first-order valence-electron chi connectivity index (χ1n) is 5.48. The topological polar surface area (TPSA) is 49.7 Å². The number of phenolic OH excluding ortho intramolecular Hbond substituents is 2. The van der Waals surface area contributed by atoms with Gasteiger partial charge >= 0.3 is 0 Å². The molecule has 0 unspecified atom stereocenters. The minimum atomic E-state index is -0.0904. The molecular formula is C12H14O3. The van der Waals surface area contributed by atoms with Gasteiger partial charge in [-0.2, -0.15) is 0 Å². The molecule has 0 spiro atoms. The average molecular weight is 206 g/mol. The van der Waals surface area contributed by atoms with Crippen molar-refractivity contribution in [3.05, 3.63) is 17.7 Å². The lowest BCUT2D eigenvalue weighted by Crippen LogP contribution is -2.22. The highest BCUT2D eigenvalue weighted by molar-refractivity contribution is 5.52. The van der Waals surface area contributed by atoms with Crippen LogP contribution in [-0.4, -0.2) is 16.3 Å². The SMILES string of the molecule is Oc1cc2c(cc1O)[C@@H]1CCCC[C@H]1O2. The molecule has 1 aliphatic heterocycles. The zero-order valence-corrected chi connectivity index (χ0v) is 8.44. The summed E-state index contributed by atoms with van der Waals surface area (Å²) in [4.78, 5) is 0. The maximum absolute atomic E-state index is 9.47. The largest absolute Gasteiger partial charge is 0.504 e. The Morgan fingerprint density at radius 2 is 1.80 bits per heavy atom. The van der Waals surface area contributed by atoms with Crippen molar-refractivity contribution in [3.8, 4) is 17.2 Å². The van der Waals surface area contributed by atoms with E-state index in [0.29, 0.717) is 5.92 Å². The molecule has 3 rings (SSSR count). The van der Waals surface area contributed by atoms with E-state index in [4.69, 9.17) is 4.74 Å². The molecule has 0 bridgehead atoms. The zero-order chi connectivity index (χ0) is 10.4. The lowest BCUT2D eigenvalue weighted by molar-refractivity contribution is 0.164. The molecule has 0 amide bonds. The molecule has 1 aliphatic carbocycles. The first-order valence-corrected chi connectivity index (χ1v) is 5.48. The van der Waals surface area contributed by atoms with Gasteiger partial charge in [0.25, 0.3) is 0 Å². The Kier molecular flexibility index (Phi) is 1.81.